The van der Waals surface area contributed by atoms with E-state index in [2.05, 4.69) is 20.4 Å². The average molecular weight is 480 g/mol. The Labute approximate surface area is 197 Å². The predicted molar refractivity (Wildman–Crippen MR) is 121 cm³/mol. The van der Waals surface area contributed by atoms with Crippen LogP contribution in [0.2, 0.25) is 0 Å². The van der Waals surface area contributed by atoms with Crippen molar-refractivity contribution >= 4 is 29.7 Å². The molecule has 0 bridgehead atoms. The molecule has 0 aromatic heterocycles. The number of ether oxygens (including phenoxy) is 1. The van der Waals surface area contributed by atoms with Gasteiger partial charge in [0.1, 0.15) is 18.3 Å². The van der Waals surface area contributed by atoms with E-state index in [9.17, 15) is 23.2 Å². The summed E-state index contributed by atoms with van der Waals surface area (Å²) in [5, 5.41) is 5.06. The third kappa shape index (κ3) is 5.82. The number of hydrogen-bond donors (Lipinski definition) is 2. The summed E-state index contributed by atoms with van der Waals surface area (Å²) in [6, 6.07) is 2.16. The molecule has 2 amide bonds. The Balaban J connectivity index is 1.29. The van der Waals surface area contributed by atoms with Crippen molar-refractivity contribution in [2.45, 2.75) is 37.8 Å². The van der Waals surface area contributed by atoms with Gasteiger partial charge in [-0.3, -0.25) is 29.5 Å². The normalized spacial score (nSPS) is 23.0. The van der Waals surface area contributed by atoms with E-state index in [1.165, 1.54) is 12.1 Å². The van der Waals surface area contributed by atoms with Crippen LogP contribution in [0.4, 0.5) is 20.2 Å². The molecule has 0 aliphatic carbocycles. The van der Waals surface area contributed by atoms with Crippen molar-refractivity contribution < 1.29 is 27.9 Å². The first kappa shape index (κ1) is 24.3. The fraction of sp³-hybridized carbons (Fsp3) is 0.609. The van der Waals surface area contributed by atoms with Gasteiger partial charge >= 0.3 is 0 Å². The molecule has 0 saturated carbocycles. The molecule has 34 heavy (non-hydrogen) atoms. The molecule has 3 aliphatic rings. The molecule has 3 heterocycles. The van der Waals surface area contributed by atoms with E-state index in [4.69, 9.17) is 4.74 Å². The van der Waals surface area contributed by atoms with Gasteiger partial charge in [0.2, 0.25) is 11.8 Å². The minimum absolute atomic E-state index is 0.0431. The van der Waals surface area contributed by atoms with Crippen molar-refractivity contribution in [1.82, 2.24) is 15.1 Å². The molecule has 3 aliphatic heterocycles. The molecule has 3 saturated heterocycles. The summed E-state index contributed by atoms with van der Waals surface area (Å²) in [5.74, 6) is -2.18. The first-order chi connectivity index (χ1) is 16.4. The van der Waals surface area contributed by atoms with Gasteiger partial charge in [0.15, 0.2) is 11.6 Å². The maximum Gasteiger partial charge on any atom is 0.293 e. The number of rotatable bonds is 8. The highest BCUT2D eigenvalue weighted by atomic mass is 19.1. The number of halogens is 2. The molecule has 0 spiro atoms. The lowest BCUT2D eigenvalue weighted by molar-refractivity contribution is -0.133. The van der Waals surface area contributed by atoms with Crippen LogP contribution in [0.3, 0.4) is 0 Å². The molecular weight excluding hydrogens is 448 g/mol. The Hall–Kier alpha value is -2.79. The lowest BCUT2D eigenvalue weighted by atomic mass is 10.0. The molecule has 3 fully saturated rings. The van der Waals surface area contributed by atoms with Crippen LogP contribution in [0.15, 0.2) is 12.1 Å². The van der Waals surface area contributed by atoms with Crippen molar-refractivity contribution in [2.75, 3.05) is 62.6 Å². The fourth-order valence-electron chi connectivity index (χ4n) is 5.03. The lowest BCUT2D eigenvalue weighted by Gasteiger charge is -2.43. The second-order valence-electron chi connectivity index (χ2n) is 9.00. The molecule has 4 rings (SSSR count). The first-order valence-corrected chi connectivity index (χ1v) is 11.8. The number of nitrogens with one attached hydrogen (secondary N) is 2. The number of carbonyl (C=O) groups is 3. The van der Waals surface area contributed by atoms with Crippen molar-refractivity contribution in [1.29, 1.82) is 0 Å². The molecule has 186 valence electrons. The monoisotopic (exact) mass is 479 g/mol. The number of likely N-dealkylation sites (tertiary alicyclic amines) is 1. The van der Waals surface area contributed by atoms with Crippen LogP contribution in [0, 0.1) is 11.6 Å². The van der Waals surface area contributed by atoms with Crippen molar-refractivity contribution in [3.8, 4) is 0 Å². The van der Waals surface area contributed by atoms with Crippen LogP contribution < -0.4 is 15.5 Å². The summed E-state index contributed by atoms with van der Waals surface area (Å²) in [7, 11) is 0. The molecule has 1 aromatic rings. The van der Waals surface area contributed by atoms with Gasteiger partial charge in [-0.05, 0) is 44.5 Å². The average Bonchev–Trinajstić information content (AvgIpc) is 2.82. The Bertz CT molecular complexity index is 878. The second kappa shape index (κ2) is 11.1. The van der Waals surface area contributed by atoms with Crippen LogP contribution in [-0.2, 0) is 19.1 Å². The fourth-order valence-corrected chi connectivity index (χ4v) is 5.03. The van der Waals surface area contributed by atoms with E-state index in [0.29, 0.717) is 32.2 Å². The van der Waals surface area contributed by atoms with E-state index in [0.717, 1.165) is 45.6 Å². The number of piperazine rings is 1. The maximum absolute atomic E-state index is 14.9. The Morgan fingerprint density at radius 2 is 1.71 bits per heavy atom. The van der Waals surface area contributed by atoms with Crippen molar-refractivity contribution in [3.63, 3.8) is 0 Å². The standard InChI is InChI=1S/C23H31F2N5O4/c24-18-13-16(26-20-1-2-21(32)27-23(20)33)14-19(25)22(18)30-9-7-29(8-10-30)17-3-5-28(6-4-17)11-12-34-15-31/h13-15,17,20,26H,1-12H2,(H,27,32,33). The third-order valence-corrected chi connectivity index (χ3v) is 6.89. The lowest BCUT2D eigenvalue weighted by Crippen LogP contribution is -2.53. The molecule has 9 nitrogen and oxygen atoms in total. The van der Waals surface area contributed by atoms with Crippen LogP contribution in [-0.4, -0.2) is 92.6 Å². The van der Waals surface area contributed by atoms with E-state index in [1.54, 1.807) is 4.90 Å². The van der Waals surface area contributed by atoms with Gasteiger partial charge in [0.05, 0.1) is 0 Å². The van der Waals surface area contributed by atoms with E-state index in [-0.39, 0.29) is 30.1 Å². The molecular formula is C23H31F2N5O4. The topological polar surface area (TPSA) is 94.2 Å². The number of piperidine rings is 2. The Kier molecular flexibility index (Phi) is 7.94. The molecule has 1 aromatic carbocycles. The van der Waals surface area contributed by atoms with Crippen LogP contribution in [0.25, 0.3) is 0 Å². The number of nitrogens with zero attached hydrogens (tertiary/aromatic N) is 3. The third-order valence-electron chi connectivity index (χ3n) is 6.89. The number of imide groups is 1. The Morgan fingerprint density at radius 1 is 1.03 bits per heavy atom. The highest BCUT2D eigenvalue weighted by Gasteiger charge is 2.30. The molecule has 1 atom stereocenters. The summed E-state index contributed by atoms with van der Waals surface area (Å²) in [4.78, 5) is 39.9. The first-order valence-electron chi connectivity index (χ1n) is 11.8. The number of amides is 2. The molecule has 11 heteroatoms. The molecule has 1 unspecified atom stereocenters. The van der Waals surface area contributed by atoms with E-state index in [1.807, 2.05) is 0 Å². The minimum atomic E-state index is -0.699. The molecule has 0 radical (unpaired) electrons. The SMILES string of the molecule is O=COCCN1CCC(N2CCN(c3c(F)cc(NC4CCC(=O)NC4=O)cc3F)CC2)CC1. The van der Waals surface area contributed by atoms with Crippen LogP contribution in [0.5, 0.6) is 0 Å². The van der Waals surface area contributed by atoms with Gasteiger partial charge in [0.25, 0.3) is 6.47 Å². The van der Waals surface area contributed by atoms with Gasteiger partial charge in [-0.2, -0.15) is 0 Å². The van der Waals surface area contributed by atoms with Crippen LogP contribution >= 0.6 is 0 Å². The summed E-state index contributed by atoms with van der Waals surface area (Å²) >= 11 is 0. The number of benzene rings is 1. The summed E-state index contributed by atoms with van der Waals surface area (Å²) in [6.45, 7) is 6.03. The van der Waals surface area contributed by atoms with Gasteiger partial charge < -0.3 is 15.0 Å². The zero-order valence-electron chi connectivity index (χ0n) is 19.1. The number of hydrogen-bond acceptors (Lipinski definition) is 8. The highest BCUT2D eigenvalue weighted by molar-refractivity contribution is 6.01. The zero-order valence-corrected chi connectivity index (χ0v) is 19.1. The predicted octanol–water partition coefficient (Wildman–Crippen LogP) is 0.941. The minimum Gasteiger partial charge on any atom is -0.467 e. The largest absolute Gasteiger partial charge is 0.467 e. The quantitative estimate of drug-likeness (QED) is 0.323. The second-order valence-corrected chi connectivity index (χ2v) is 9.00. The zero-order chi connectivity index (χ0) is 24.1. The maximum atomic E-state index is 14.9. The van der Waals surface area contributed by atoms with Gasteiger partial charge in [-0.25, -0.2) is 8.78 Å². The van der Waals surface area contributed by atoms with Crippen LogP contribution in [0.1, 0.15) is 25.7 Å². The Morgan fingerprint density at radius 3 is 2.32 bits per heavy atom. The van der Waals surface area contributed by atoms with Gasteiger partial charge in [-0.1, -0.05) is 0 Å². The molecule has 2 N–H and O–H groups in total. The summed E-state index contributed by atoms with van der Waals surface area (Å²) < 4.78 is 34.6. The number of anilines is 2. The van der Waals surface area contributed by atoms with Crippen molar-refractivity contribution in [3.05, 3.63) is 23.8 Å². The smallest absolute Gasteiger partial charge is 0.293 e. The summed E-state index contributed by atoms with van der Waals surface area (Å²) in [5.41, 5.74) is 0.135. The highest BCUT2D eigenvalue weighted by Crippen LogP contribution is 2.29. The van der Waals surface area contributed by atoms with Gasteiger partial charge in [0, 0.05) is 50.9 Å². The van der Waals surface area contributed by atoms with Crippen molar-refractivity contribution in [2.24, 2.45) is 0 Å². The number of carbonyl (C=O) groups excluding carboxylic acids is 3. The van der Waals surface area contributed by atoms with Gasteiger partial charge in [-0.15, -0.1) is 0 Å². The summed E-state index contributed by atoms with van der Waals surface area (Å²) in [6.07, 6.45) is 2.50. The van der Waals surface area contributed by atoms with E-state index >= 15 is 0 Å². The van der Waals surface area contributed by atoms with E-state index < -0.39 is 23.6 Å².